The molecule has 0 radical (unpaired) electrons. The largest absolute Gasteiger partial charge is 0.481 e. The number of carbonyl (C=O) groups excluding carboxylic acids is 4. The first-order valence-corrected chi connectivity index (χ1v) is 13.4. The summed E-state index contributed by atoms with van der Waals surface area (Å²) in [6.07, 6.45) is 0.0647. The number of rotatable bonds is 13. The first kappa shape index (κ1) is 31.5. The lowest BCUT2D eigenvalue weighted by Gasteiger charge is -2.22. The Morgan fingerprint density at radius 1 is 0.833 bits per heavy atom. The van der Waals surface area contributed by atoms with Crippen LogP contribution in [0.1, 0.15) is 44.2 Å². The van der Waals surface area contributed by atoms with Gasteiger partial charge >= 0.3 is 11.6 Å². The van der Waals surface area contributed by atoms with Crippen molar-refractivity contribution in [2.75, 3.05) is 5.32 Å². The Hall–Kier alpha value is -5.00. The number of hydrogen-bond donors (Lipinski definition) is 5. The molecule has 3 atom stereocenters. The summed E-state index contributed by atoms with van der Waals surface area (Å²) in [5, 5.41) is 19.8. The Bertz CT molecular complexity index is 1520. The summed E-state index contributed by atoms with van der Waals surface area (Å²) in [6, 6.07) is 12.3. The number of aryl methyl sites for hydroxylation is 1. The van der Waals surface area contributed by atoms with Crippen LogP contribution < -0.4 is 26.9 Å². The highest BCUT2D eigenvalue weighted by Crippen LogP contribution is 2.21. The van der Waals surface area contributed by atoms with E-state index in [4.69, 9.17) is 9.52 Å². The van der Waals surface area contributed by atoms with Gasteiger partial charge in [0.15, 0.2) is 0 Å². The van der Waals surface area contributed by atoms with Gasteiger partial charge in [-0.2, -0.15) is 0 Å². The molecule has 0 bridgehead atoms. The van der Waals surface area contributed by atoms with Gasteiger partial charge in [-0.25, -0.2) is 4.79 Å². The van der Waals surface area contributed by atoms with Crippen LogP contribution in [-0.4, -0.2) is 52.8 Å². The molecule has 5 N–H and O–H groups in total. The van der Waals surface area contributed by atoms with E-state index in [1.807, 2.05) is 18.2 Å². The highest BCUT2D eigenvalue weighted by atomic mass is 16.4. The Kier molecular flexibility index (Phi) is 10.9. The highest BCUT2D eigenvalue weighted by molar-refractivity contribution is 6.00. The number of aliphatic carboxylic acids is 1. The maximum atomic E-state index is 13.3. The van der Waals surface area contributed by atoms with Gasteiger partial charge in [0, 0.05) is 42.5 Å². The van der Waals surface area contributed by atoms with E-state index >= 15 is 0 Å². The molecule has 1 heterocycles. The second-order valence-electron chi connectivity index (χ2n) is 9.97. The minimum absolute atomic E-state index is 0.0564. The molecular weight excluding hydrogens is 544 g/mol. The van der Waals surface area contributed by atoms with Crippen molar-refractivity contribution in [1.82, 2.24) is 16.0 Å². The van der Waals surface area contributed by atoms with Crippen LogP contribution in [0, 0.1) is 6.92 Å². The Morgan fingerprint density at radius 2 is 1.50 bits per heavy atom. The maximum Gasteiger partial charge on any atom is 0.336 e. The van der Waals surface area contributed by atoms with Crippen LogP contribution in [0.2, 0.25) is 0 Å². The van der Waals surface area contributed by atoms with Crippen molar-refractivity contribution in [1.29, 1.82) is 0 Å². The van der Waals surface area contributed by atoms with Crippen LogP contribution in [-0.2, 0) is 30.4 Å². The number of amides is 4. The number of carbonyl (C=O) groups is 5. The second-order valence-corrected chi connectivity index (χ2v) is 9.97. The van der Waals surface area contributed by atoms with Crippen molar-refractivity contribution < 1.29 is 33.5 Å². The molecule has 12 nitrogen and oxygen atoms in total. The fourth-order valence-corrected chi connectivity index (χ4v) is 4.17. The second kappa shape index (κ2) is 14.6. The molecule has 222 valence electrons. The van der Waals surface area contributed by atoms with E-state index < -0.39 is 53.3 Å². The average Bonchev–Trinajstić information content (AvgIpc) is 2.92. The van der Waals surface area contributed by atoms with Crippen LogP contribution in [0.5, 0.6) is 0 Å². The predicted molar refractivity (Wildman–Crippen MR) is 155 cm³/mol. The van der Waals surface area contributed by atoms with Crippen LogP contribution in [0.15, 0.2) is 63.8 Å². The first-order chi connectivity index (χ1) is 19.9. The number of anilines is 1. The van der Waals surface area contributed by atoms with E-state index in [-0.39, 0.29) is 25.7 Å². The standard InChI is InChI=1S/C30H34N4O8/c1-17-14-27(38)42-24-16-21(12-13-22(17)24)33-30(41)23(15-20-8-5-4-6-9-20)34-29(40)19(3)32-28(39)18(2)31-25(35)10-7-11-26(36)37/h4-6,8-9,12-14,16,18-19,23H,7,10-11,15H2,1-3H3,(H,31,35)(H,32,39)(H,33,41)(H,34,40)(H,36,37)/t18-,19-,23-/m0/s1. The number of nitrogens with one attached hydrogen (secondary N) is 4. The summed E-state index contributed by atoms with van der Waals surface area (Å²) >= 11 is 0. The smallest absolute Gasteiger partial charge is 0.336 e. The molecule has 3 aromatic rings. The van der Waals surface area contributed by atoms with Crippen molar-refractivity contribution in [3.8, 4) is 0 Å². The van der Waals surface area contributed by atoms with Gasteiger partial charge in [-0.3, -0.25) is 24.0 Å². The maximum absolute atomic E-state index is 13.3. The summed E-state index contributed by atoms with van der Waals surface area (Å²) in [5.74, 6) is -3.28. The molecule has 2 aromatic carbocycles. The molecule has 0 aliphatic heterocycles. The van der Waals surface area contributed by atoms with Crippen molar-refractivity contribution in [3.63, 3.8) is 0 Å². The molecule has 0 aliphatic rings. The van der Waals surface area contributed by atoms with Gasteiger partial charge in [0.2, 0.25) is 23.6 Å². The van der Waals surface area contributed by atoms with Gasteiger partial charge in [0.25, 0.3) is 0 Å². The number of carboxylic acids is 1. The van der Waals surface area contributed by atoms with Crippen molar-refractivity contribution in [2.24, 2.45) is 0 Å². The highest BCUT2D eigenvalue weighted by Gasteiger charge is 2.26. The Labute approximate surface area is 241 Å². The topological polar surface area (TPSA) is 184 Å². The van der Waals surface area contributed by atoms with Crippen LogP contribution >= 0.6 is 0 Å². The lowest BCUT2D eigenvalue weighted by atomic mass is 10.0. The lowest BCUT2D eigenvalue weighted by molar-refractivity contribution is -0.137. The van der Waals surface area contributed by atoms with Crippen LogP contribution in [0.25, 0.3) is 11.0 Å². The fraction of sp³-hybridized carbons (Fsp3) is 0.333. The summed E-state index contributed by atoms with van der Waals surface area (Å²) in [4.78, 5) is 73.3. The molecule has 0 unspecified atom stereocenters. The number of carboxylic acid groups (broad SMARTS) is 1. The fourth-order valence-electron chi connectivity index (χ4n) is 4.17. The molecule has 0 fully saturated rings. The average molecular weight is 579 g/mol. The van der Waals surface area contributed by atoms with Crippen LogP contribution in [0.3, 0.4) is 0 Å². The van der Waals surface area contributed by atoms with Gasteiger partial charge in [-0.15, -0.1) is 0 Å². The Balaban J connectivity index is 1.66. The van der Waals surface area contributed by atoms with E-state index in [1.165, 1.54) is 26.0 Å². The van der Waals surface area contributed by atoms with Gasteiger partial charge in [-0.1, -0.05) is 30.3 Å². The van der Waals surface area contributed by atoms with Gasteiger partial charge < -0.3 is 30.8 Å². The van der Waals surface area contributed by atoms with Gasteiger partial charge in [0.05, 0.1) is 0 Å². The minimum atomic E-state index is -1.05. The number of benzene rings is 2. The normalized spacial score (nSPS) is 12.9. The summed E-state index contributed by atoms with van der Waals surface area (Å²) in [7, 11) is 0. The van der Waals surface area contributed by atoms with Crippen molar-refractivity contribution >= 4 is 46.3 Å². The summed E-state index contributed by atoms with van der Waals surface area (Å²) in [6.45, 7) is 4.66. The molecule has 0 aliphatic carbocycles. The van der Waals surface area contributed by atoms with Crippen LogP contribution in [0.4, 0.5) is 5.69 Å². The van der Waals surface area contributed by atoms with Gasteiger partial charge in [-0.05, 0) is 50.5 Å². The van der Waals surface area contributed by atoms with Gasteiger partial charge in [0.1, 0.15) is 23.7 Å². The van der Waals surface area contributed by atoms with E-state index in [9.17, 15) is 28.8 Å². The SMILES string of the molecule is Cc1cc(=O)oc2cc(NC(=O)[C@H](Cc3ccccc3)NC(=O)[C@H](C)NC(=O)[C@H](C)NC(=O)CCCC(=O)O)ccc12. The quantitative estimate of drug-likeness (QED) is 0.191. The zero-order valence-electron chi connectivity index (χ0n) is 23.6. The van der Waals surface area contributed by atoms with Crippen molar-refractivity contribution in [3.05, 3.63) is 76.1 Å². The number of fused-ring (bicyclic) bond motifs is 1. The van der Waals surface area contributed by atoms with E-state index in [0.29, 0.717) is 11.3 Å². The molecule has 3 rings (SSSR count). The molecule has 4 amide bonds. The van der Waals surface area contributed by atoms with E-state index in [1.54, 1.807) is 31.2 Å². The lowest BCUT2D eigenvalue weighted by Crippen LogP contribution is -2.55. The number of hydrogen-bond acceptors (Lipinski definition) is 7. The Morgan fingerprint density at radius 3 is 2.19 bits per heavy atom. The molecular formula is C30H34N4O8. The molecule has 0 saturated heterocycles. The molecule has 0 saturated carbocycles. The third kappa shape index (κ3) is 9.29. The predicted octanol–water partition coefficient (Wildman–Crippen LogP) is 2.03. The van der Waals surface area contributed by atoms with Crippen molar-refractivity contribution in [2.45, 2.75) is 64.6 Å². The zero-order chi connectivity index (χ0) is 30.8. The third-order valence-corrected chi connectivity index (χ3v) is 6.45. The molecule has 42 heavy (non-hydrogen) atoms. The first-order valence-electron chi connectivity index (χ1n) is 13.4. The van der Waals surface area contributed by atoms with E-state index in [2.05, 4.69) is 21.3 Å². The minimum Gasteiger partial charge on any atom is -0.481 e. The third-order valence-electron chi connectivity index (χ3n) is 6.45. The summed E-state index contributed by atoms with van der Waals surface area (Å²) in [5.41, 5.74) is 1.68. The molecule has 0 spiro atoms. The molecule has 1 aromatic heterocycles. The zero-order valence-corrected chi connectivity index (χ0v) is 23.6. The summed E-state index contributed by atoms with van der Waals surface area (Å²) < 4.78 is 5.26. The monoisotopic (exact) mass is 578 g/mol. The van der Waals surface area contributed by atoms with E-state index in [0.717, 1.165) is 16.5 Å². The molecule has 12 heteroatoms.